The highest BCUT2D eigenvalue weighted by Gasteiger charge is 2.49. The van der Waals surface area contributed by atoms with Crippen LogP contribution in [-0.2, 0) is 24.4 Å². The number of methoxy groups -OCH3 is 1. The fraction of sp³-hybridized carbons (Fsp3) is 0.579. The number of aliphatic hydroxyl groups excluding tert-OH is 1. The van der Waals surface area contributed by atoms with Crippen LogP contribution in [0.15, 0.2) is 24.3 Å². The Hall–Kier alpha value is -2.54. The first-order valence-corrected chi connectivity index (χ1v) is 10.8. The molecule has 0 radical (unpaired) electrons. The van der Waals surface area contributed by atoms with Gasteiger partial charge in [0.25, 0.3) is 0 Å². The van der Waals surface area contributed by atoms with E-state index in [1.54, 1.807) is 20.8 Å². The lowest BCUT2D eigenvalue weighted by atomic mass is 9.78. The van der Waals surface area contributed by atoms with Crippen molar-refractivity contribution in [1.29, 1.82) is 0 Å². The molecule has 1 amide bonds. The van der Waals surface area contributed by atoms with Crippen molar-refractivity contribution in [3.8, 4) is 5.75 Å². The Bertz CT molecular complexity index is 958. The number of rotatable bonds is 4. The second-order valence-electron chi connectivity index (χ2n) is 8.16. The zero-order valence-electron chi connectivity index (χ0n) is 17.7. The van der Waals surface area contributed by atoms with Gasteiger partial charge in [-0.05, 0) is 38.5 Å². The summed E-state index contributed by atoms with van der Waals surface area (Å²) in [5.41, 5.74) is -6.32. The quantitative estimate of drug-likeness (QED) is 0.394. The maximum Gasteiger partial charge on any atom is 0.534 e. The third-order valence-corrected chi connectivity index (χ3v) is 5.54. The molecule has 1 saturated heterocycles. The van der Waals surface area contributed by atoms with Crippen molar-refractivity contribution in [3.05, 3.63) is 29.8 Å². The van der Waals surface area contributed by atoms with Gasteiger partial charge in [-0.1, -0.05) is 12.1 Å². The first-order chi connectivity index (χ1) is 14.6. The van der Waals surface area contributed by atoms with Gasteiger partial charge in [0.1, 0.15) is 11.4 Å². The monoisotopic (exact) mass is 483 g/mol. The van der Waals surface area contributed by atoms with Crippen molar-refractivity contribution in [3.63, 3.8) is 0 Å². The van der Waals surface area contributed by atoms with E-state index >= 15 is 0 Å². The number of likely N-dealkylation sites (tertiary alicyclic amines) is 1. The summed E-state index contributed by atoms with van der Waals surface area (Å²) in [4.78, 5) is 25.9. The first kappa shape index (κ1) is 25.7. The van der Waals surface area contributed by atoms with Crippen molar-refractivity contribution >= 4 is 22.2 Å². The van der Waals surface area contributed by atoms with Crippen molar-refractivity contribution in [2.24, 2.45) is 5.92 Å². The Morgan fingerprint density at radius 2 is 1.78 bits per heavy atom. The lowest BCUT2D eigenvalue weighted by Crippen LogP contribution is -2.53. The van der Waals surface area contributed by atoms with Crippen LogP contribution in [0.2, 0.25) is 0 Å². The predicted molar refractivity (Wildman–Crippen MR) is 104 cm³/mol. The van der Waals surface area contributed by atoms with E-state index in [0.717, 1.165) is 24.1 Å². The van der Waals surface area contributed by atoms with Crippen molar-refractivity contribution < 1.29 is 49.9 Å². The molecule has 2 rings (SSSR count). The van der Waals surface area contributed by atoms with Crippen molar-refractivity contribution in [1.82, 2.24) is 4.90 Å². The number of hydrogen-bond acceptors (Lipinski definition) is 8. The molecule has 1 aliphatic heterocycles. The molecule has 0 aromatic heterocycles. The van der Waals surface area contributed by atoms with Crippen LogP contribution in [0.25, 0.3) is 0 Å². The maximum atomic E-state index is 12.6. The fourth-order valence-corrected chi connectivity index (χ4v) is 3.73. The molecule has 1 aromatic carbocycles. The highest BCUT2D eigenvalue weighted by Crippen LogP contribution is 2.37. The topological polar surface area (TPSA) is 119 Å². The summed E-state index contributed by atoms with van der Waals surface area (Å²) >= 11 is 0. The number of β-amino-alcohol motifs (C(OH)–C–C–N with tert-alkyl or cyclic N) is 1. The minimum atomic E-state index is -5.91. The van der Waals surface area contributed by atoms with Gasteiger partial charge in [0.2, 0.25) is 0 Å². The molecule has 3 atom stereocenters. The molecule has 1 aromatic rings. The predicted octanol–water partition coefficient (Wildman–Crippen LogP) is 2.40. The van der Waals surface area contributed by atoms with Gasteiger partial charge < -0.3 is 23.7 Å². The minimum absolute atomic E-state index is 0.131. The van der Waals surface area contributed by atoms with Gasteiger partial charge in [-0.15, -0.1) is 0 Å². The number of alkyl halides is 3. The Morgan fingerprint density at radius 3 is 2.31 bits per heavy atom. The van der Waals surface area contributed by atoms with E-state index in [9.17, 15) is 36.3 Å². The van der Waals surface area contributed by atoms with Gasteiger partial charge in [0, 0.05) is 12.5 Å². The number of benzene rings is 1. The van der Waals surface area contributed by atoms with Gasteiger partial charge >= 0.3 is 27.7 Å². The lowest BCUT2D eigenvalue weighted by molar-refractivity contribution is -0.150. The van der Waals surface area contributed by atoms with Crippen LogP contribution in [-0.4, -0.2) is 67.9 Å². The zero-order valence-corrected chi connectivity index (χ0v) is 18.6. The van der Waals surface area contributed by atoms with Crippen molar-refractivity contribution in [2.75, 3.05) is 20.2 Å². The number of piperidine rings is 1. The Balaban J connectivity index is 2.36. The molecular formula is C19H24F3NO8S. The van der Waals surface area contributed by atoms with Crippen molar-refractivity contribution in [2.45, 2.75) is 43.9 Å². The first-order valence-electron chi connectivity index (χ1n) is 9.40. The molecule has 0 bridgehead atoms. The normalized spacial score (nSPS) is 22.2. The lowest BCUT2D eigenvalue weighted by Gasteiger charge is -2.41. The number of halogens is 3. The smallest absolute Gasteiger partial charge is 0.469 e. The van der Waals surface area contributed by atoms with E-state index in [2.05, 4.69) is 4.18 Å². The highest BCUT2D eigenvalue weighted by molar-refractivity contribution is 7.88. The van der Waals surface area contributed by atoms with Gasteiger partial charge in [0.15, 0.2) is 0 Å². The van der Waals surface area contributed by atoms with Gasteiger partial charge in [-0.3, -0.25) is 4.79 Å². The average molecular weight is 483 g/mol. The SMILES string of the molecule is COC(=O)[C@H]1CN(C(=O)OC(C)(C)C)C[C@@H](O)[C@@H]1c1cccc(OS(=O)(=O)C(F)(F)F)c1. The van der Waals surface area contributed by atoms with E-state index in [-0.39, 0.29) is 18.7 Å². The van der Waals surface area contributed by atoms with Crippen LogP contribution >= 0.6 is 0 Å². The minimum Gasteiger partial charge on any atom is -0.469 e. The fourth-order valence-electron chi connectivity index (χ4n) is 3.28. The van der Waals surface area contributed by atoms with E-state index in [1.165, 1.54) is 12.1 Å². The van der Waals surface area contributed by atoms with E-state index in [1.807, 2.05) is 0 Å². The summed E-state index contributed by atoms with van der Waals surface area (Å²) < 4.78 is 74.6. The average Bonchev–Trinajstić information content (AvgIpc) is 2.64. The number of esters is 1. The third-order valence-electron chi connectivity index (χ3n) is 4.56. The van der Waals surface area contributed by atoms with Crippen LogP contribution in [0.5, 0.6) is 5.75 Å². The number of carbonyl (C=O) groups is 2. The second kappa shape index (κ2) is 9.14. The van der Waals surface area contributed by atoms with Crippen LogP contribution < -0.4 is 4.18 Å². The zero-order chi connectivity index (χ0) is 24.5. The summed E-state index contributed by atoms with van der Waals surface area (Å²) in [7, 11) is -4.80. The largest absolute Gasteiger partial charge is 0.534 e. The van der Waals surface area contributed by atoms with Crippen LogP contribution in [0.3, 0.4) is 0 Å². The molecule has 0 unspecified atom stereocenters. The molecule has 13 heteroatoms. The Kier molecular flexibility index (Phi) is 7.34. The number of carbonyl (C=O) groups excluding carboxylic acids is 2. The van der Waals surface area contributed by atoms with E-state index < -0.39 is 57.0 Å². The van der Waals surface area contributed by atoms with Gasteiger partial charge in [-0.25, -0.2) is 4.79 Å². The maximum absolute atomic E-state index is 12.6. The molecule has 0 spiro atoms. The molecule has 0 saturated carbocycles. The molecule has 1 N–H and O–H groups in total. The second-order valence-corrected chi connectivity index (χ2v) is 9.70. The summed E-state index contributed by atoms with van der Waals surface area (Å²) in [6, 6.07) is 4.58. The van der Waals surface area contributed by atoms with Gasteiger partial charge in [0.05, 0.1) is 25.7 Å². The Morgan fingerprint density at radius 1 is 1.16 bits per heavy atom. The molecule has 32 heavy (non-hydrogen) atoms. The molecular weight excluding hydrogens is 459 g/mol. The number of ether oxygens (including phenoxy) is 2. The number of nitrogens with zero attached hydrogens (tertiary/aromatic N) is 1. The number of amides is 1. The molecule has 1 fully saturated rings. The standard InChI is InChI=1S/C19H24F3NO8S/c1-18(2,3)30-17(26)23-9-13(16(25)29-4)15(14(24)10-23)11-6-5-7-12(8-11)31-32(27,28)19(20,21)22/h5-8,13-15,24H,9-10H2,1-4H3/t13-,14+,15+/m0/s1. The molecule has 9 nitrogen and oxygen atoms in total. The van der Waals surface area contributed by atoms with Crippen LogP contribution in [0, 0.1) is 5.92 Å². The van der Waals surface area contributed by atoms with Crippen LogP contribution in [0.1, 0.15) is 32.3 Å². The summed E-state index contributed by atoms with van der Waals surface area (Å²) in [5.74, 6) is -3.55. The van der Waals surface area contributed by atoms with Gasteiger partial charge in [-0.2, -0.15) is 21.6 Å². The molecule has 1 heterocycles. The summed E-state index contributed by atoms with van der Waals surface area (Å²) in [6.45, 7) is 4.50. The summed E-state index contributed by atoms with van der Waals surface area (Å²) in [5, 5.41) is 10.7. The van der Waals surface area contributed by atoms with E-state index in [0.29, 0.717) is 0 Å². The molecule has 180 valence electrons. The van der Waals surface area contributed by atoms with E-state index in [4.69, 9.17) is 9.47 Å². The number of hydrogen-bond donors (Lipinski definition) is 1. The molecule has 1 aliphatic rings. The summed E-state index contributed by atoms with van der Waals surface area (Å²) in [6.07, 6.45) is -2.10. The Labute approximate surface area is 183 Å². The highest BCUT2D eigenvalue weighted by atomic mass is 32.2. The third kappa shape index (κ3) is 6.03. The molecule has 0 aliphatic carbocycles. The number of aliphatic hydroxyl groups is 1. The van der Waals surface area contributed by atoms with Crippen LogP contribution in [0.4, 0.5) is 18.0 Å².